The van der Waals surface area contributed by atoms with Crippen LogP contribution in [0, 0.1) is 17.8 Å². The highest BCUT2D eigenvalue weighted by atomic mass is 35.5. The monoisotopic (exact) mass is 378 g/mol. The van der Waals surface area contributed by atoms with E-state index in [1.54, 1.807) is 11.7 Å². The van der Waals surface area contributed by atoms with E-state index in [-0.39, 0.29) is 18.4 Å². The maximum Gasteiger partial charge on any atom is 0.278 e. The number of carbonyl (C=O) groups excluding carboxylic acids is 1. The average molecular weight is 379 g/mol. The number of anilines is 1. The molecule has 2 unspecified atom stereocenters. The van der Waals surface area contributed by atoms with Crippen LogP contribution >= 0.6 is 12.4 Å². The fraction of sp³-hybridized carbons (Fsp3) is 0.556. The number of aliphatic hydroxyl groups is 1. The second kappa shape index (κ2) is 6.11. The van der Waals surface area contributed by atoms with Gasteiger partial charge in [0.25, 0.3) is 5.91 Å². The Morgan fingerprint density at radius 1 is 1.27 bits per heavy atom. The van der Waals surface area contributed by atoms with Crippen molar-refractivity contribution in [3.63, 3.8) is 0 Å². The normalized spacial score (nSPS) is 34.5. The molecule has 0 saturated heterocycles. The molecule has 140 valence electrons. The lowest BCUT2D eigenvalue weighted by atomic mass is 9.52. The number of rotatable bonds is 3. The number of nitrogens with zero attached hydrogens (tertiary/aromatic N) is 1. The molecule has 2 aromatic heterocycles. The van der Waals surface area contributed by atoms with Gasteiger partial charge in [-0.05, 0) is 55.9 Å². The number of aromatic nitrogens is 2. The summed E-state index contributed by atoms with van der Waals surface area (Å²) in [6.45, 7) is 0. The van der Waals surface area contributed by atoms with Crippen molar-refractivity contribution in [1.29, 1.82) is 0 Å². The van der Waals surface area contributed by atoms with Crippen molar-refractivity contribution in [2.75, 3.05) is 5.32 Å². The molecule has 2 atom stereocenters. The highest BCUT2D eigenvalue weighted by Crippen LogP contribution is 2.56. The molecule has 8 heteroatoms. The fourth-order valence-corrected chi connectivity index (χ4v) is 5.78. The minimum Gasteiger partial charge on any atom is -0.390 e. The van der Waals surface area contributed by atoms with Crippen LogP contribution in [-0.4, -0.2) is 37.8 Å². The molecule has 7 nitrogen and oxygen atoms in total. The smallest absolute Gasteiger partial charge is 0.278 e. The summed E-state index contributed by atoms with van der Waals surface area (Å²) >= 11 is 0. The van der Waals surface area contributed by atoms with Gasteiger partial charge in [0.1, 0.15) is 5.65 Å². The first kappa shape index (κ1) is 17.6. The number of fused-ring (bicyclic) bond motifs is 1. The van der Waals surface area contributed by atoms with Gasteiger partial charge < -0.3 is 15.4 Å². The molecule has 2 aromatic rings. The van der Waals surface area contributed by atoms with E-state index in [9.17, 15) is 9.90 Å². The molecular weight excluding hydrogens is 356 g/mol. The molecular formula is C18H23ClN4O3. The predicted molar refractivity (Wildman–Crippen MR) is 98.5 cm³/mol. The number of carbonyl (C=O) groups is 1. The number of halogens is 1. The standard InChI is InChI=1S/C18H22N4O3.ClH/c23-17(22-25)13-8-20-16-12(1-2-19-16)15(13)21-14-10-3-9-4-11(14)7-18(24,5-9)6-10;/h1-2,8-11,14,24-25H,3-7H2,(H,22,23)(H2,19,20,21);1H. The third-order valence-corrected chi connectivity index (χ3v) is 6.48. The molecule has 4 fully saturated rings. The summed E-state index contributed by atoms with van der Waals surface area (Å²) in [6.07, 6.45) is 8.17. The van der Waals surface area contributed by atoms with Crippen molar-refractivity contribution in [2.24, 2.45) is 17.8 Å². The van der Waals surface area contributed by atoms with Gasteiger partial charge in [0, 0.05) is 23.8 Å². The molecule has 26 heavy (non-hydrogen) atoms. The Kier molecular flexibility index (Phi) is 4.13. The summed E-state index contributed by atoms with van der Waals surface area (Å²) in [4.78, 5) is 19.4. The van der Waals surface area contributed by atoms with Gasteiger partial charge >= 0.3 is 0 Å². The van der Waals surface area contributed by atoms with Crippen LogP contribution in [0.3, 0.4) is 0 Å². The molecule has 4 bridgehead atoms. The van der Waals surface area contributed by atoms with E-state index in [0.29, 0.717) is 34.7 Å². The quantitative estimate of drug-likeness (QED) is 0.416. The first-order valence-electron chi connectivity index (χ1n) is 8.96. The lowest BCUT2D eigenvalue weighted by Crippen LogP contribution is -2.59. The fourth-order valence-electron chi connectivity index (χ4n) is 5.78. The number of nitrogens with one attached hydrogen (secondary N) is 3. The van der Waals surface area contributed by atoms with Crippen molar-refractivity contribution >= 4 is 35.0 Å². The largest absolute Gasteiger partial charge is 0.390 e. The zero-order valence-corrected chi connectivity index (χ0v) is 15.1. The molecule has 0 aliphatic heterocycles. The van der Waals surface area contributed by atoms with E-state index in [2.05, 4.69) is 15.3 Å². The number of hydrogen-bond acceptors (Lipinski definition) is 5. The maximum absolute atomic E-state index is 12.1. The predicted octanol–water partition coefficient (Wildman–Crippen LogP) is 2.46. The van der Waals surface area contributed by atoms with E-state index in [4.69, 9.17) is 5.21 Å². The molecule has 4 aliphatic rings. The number of aromatic amines is 1. The first-order valence-corrected chi connectivity index (χ1v) is 8.96. The summed E-state index contributed by atoms with van der Waals surface area (Å²) in [5.41, 5.74) is 2.99. The Hall–Kier alpha value is -1.83. The van der Waals surface area contributed by atoms with Crippen LogP contribution in [-0.2, 0) is 0 Å². The SMILES string of the molecule is Cl.O=C(NO)c1cnc2[nH]ccc2c1NC1C2CC3CC1CC(O)(C3)C2. The van der Waals surface area contributed by atoms with Gasteiger partial charge in [0.15, 0.2) is 0 Å². The van der Waals surface area contributed by atoms with Gasteiger partial charge in [0.05, 0.1) is 16.9 Å². The van der Waals surface area contributed by atoms with Crippen LogP contribution in [0.2, 0.25) is 0 Å². The second-order valence-corrected chi connectivity index (χ2v) is 8.09. The van der Waals surface area contributed by atoms with E-state index < -0.39 is 11.5 Å². The maximum atomic E-state index is 12.1. The summed E-state index contributed by atoms with van der Waals surface area (Å²) in [7, 11) is 0. The van der Waals surface area contributed by atoms with Gasteiger partial charge in [-0.25, -0.2) is 10.5 Å². The van der Waals surface area contributed by atoms with Crippen LogP contribution in [0.15, 0.2) is 18.5 Å². The molecule has 2 heterocycles. The molecule has 0 aromatic carbocycles. The Labute approximate surface area is 156 Å². The Morgan fingerprint density at radius 3 is 2.65 bits per heavy atom. The van der Waals surface area contributed by atoms with E-state index >= 15 is 0 Å². The zero-order chi connectivity index (χ0) is 17.2. The van der Waals surface area contributed by atoms with E-state index in [1.165, 1.54) is 6.20 Å². The number of hydroxylamine groups is 1. The summed E-state index contributed by atoms with van der Waals surface area (Å²) in [5.74, 6) is 0.901. The highest BCUT2D eigenvalue weighted by Gasteiger charge is 2.54. The number of amides is 1. The van der Waals surface area contributed by atoms with Gasteiger partial charge in [-0.3, -0.25) is 10.0 Å². The second-order valence-electron chi connectivity index (χ2n) is 8.09. The highest BCUT2D eigenvalue weighted by molar-refractivity contribution is 6.06. The topological polar surface area (TPSA) is 110 Å². The number of H-pyrrole nitrogens is 1. The van der Waals surface area contributed by atoms with Crippen molar-refractivity contribution in [2.45, 2.75) is 43.7 Å². The summed E-state index contributed by atoms with van der Waals surface area (Å²) in [6, 6.07) is 2.13. The molecule has 6 rings (SSSR count). The molecule has 5 N–H and O–H groups in total. The van der Waals surface area contributed by atoms with Crippen molar-refractivity contribution < 1.29 is 15.1 Å². The Bertz CT molecular complexity index is 838. The van der Waals surface area contributed by atoms with Crippen LogP contribution in [0.1, 0.15) is 42.5 Å². The molecule has 4 saturated carbocycles. The molecule has 4 aliphatic carbocycles. The van der Waals surface area contributed by atoms with Gasteiger partial charge in [-0.2, -0.15) is 0 Å². The molecule has 0 spiro atoms. The van der Waals surface area contributed by atoms with Crippen LogP contribution < -0.4 is 10.8 Å². The summed E-state index contributed by atoms with van der Waals surface area (Å²) < 4.78 is 0. The first-order chi connectivity index (χ1) is 12.1. The van der Waals surface area contributed by atoms with E-state index in [0.717, 1.165) is 37.5 Å². The Morgan fingerprint density at radius 2 is 2.00 bits per heavy atom. The number of hydrogen-bond donors (Lipinski definition) is 5. The minimum atomic E-state index is -0.569. The van der Waals surface area contributed by atoms with Gasteiger partial charge in [-0.15, -0.1) is 12.4 Å². The average Bonchev–Trinajstić information content (AvgIpc) is 3.04. The van der Waals surface area contributed by atoms with Crippen molar-refractivity contribution in [3.05, 3.63) is 24.0 Å². The third-order valence-electron chi connectivity index (χ3n) is 6.48. The van der Waals surface area contributed by atoms with Gasteiger partial charge in [0.2, 0.25) is 0 Å². The van der Waals surface area contributed by atoms with Crippen LogP contribution in [0.25, 0.3) is 11.0 Å². The number of pyridine rings is 1. The van der Waals surface area contributed by atoms with Crippen molar-refractivity contribution in [1.82, 2.24) is 15.4 Å². The van der Waals surface area contributed by atoms with Gasteiger partial charge in [-0.1, -0.05) is 0 Å². The van der Waals surface area contributed by atoms with E-state index in [1.807, 2.05) is 6.07 Å². The summed E-state index contributed by atoms with van der Waals surface area (Å²) in [5, 5.41) is 24.3. The van der Waals surface area contributed by atoms with Crippen molar-refractivity contribution in [3.8, 4) is 0 Å². The Balaban J connectivity index is 0.00000168. The lowest BCUT2D eigenvalue weighted by Gasteiger charge is -2.58. The van der Waals surface area contributed by atoms with Crippen LogP contribution in [0.4, 0.5) is 5.69 Å². The third kappa shape index (κ3) is 2.57. The lowest BCUT2D eigenvalue weighted by molar-refractivity contribution is -0.129. The van der Waals surface area contributed by atoms with Crippen LogP contribution in [0.5, 0.6) is 0 Å². The molecule has 0 radical (unpaired) electrons. The molecule has 1 amide bonds. The zero-order valence-electron chi connectivity index (χ0n) is 14.2. The minimum absolute atomic E-state index is 0.